The molecule has 0 unspecified atom stereocenters. The zero-order valence-corrected chi connectivity index (χ0v) is 11.2. The molecule has 0 aromatic carbocycles. The second-order valence-electron chi connectivity index (χ2n) is 5.66. The van der Waals surface area contributed by atoms with Crippen molar-refractivity contribution in [3.63, 3.8) is 0 Å². The van der Waals surface area contributed by atoms with Gasteiger partial charge in [0.2, 0.25) is 0 Å². The molecule has 4 heteroatoms. The molecule has 2 rings (SSSR count). The first-order valence-corrected chi connectivity index (χ1v) is 5.90. The summed E-state index contributed by atoms with van der Waals surface area (Å²) >= 11 is 5.97. The number of hydrogen-bond donors (Lipinski definition) is 1. The molecule has 1 aromatic heterocycles. The normalized spacial score (nSPS) is 21.9. The molecule has 1 saturated carbocycles. The van der Waals surface area contributed by atoms with Crippen LogP contribution in [0, 0.1) is 17.8 Å². The van der Waals surface area contributed by atoms with Crippen LogP contribution in [0.1, 0.15) is 33.3 Å². The fourth-order valence-electron chi connectivity index (χ4n) is 2.27. The molecule has 88 valence electrons. The molecule has 0 radical (unpaired) electrons. The van der Waals surface area contributed by atoms with Gasteiger partial charge in [0.15, 0.2) is 0 Å². The van der Waals surface area contributed by atoms with E-state index in [0.717, 1.165) is 11.4 Å². The van der Waals surface area contributed by atoms with Crippen LogP contribution in [0.4, 0.5) is 5.82 Å². The summed E-state index contributed by atoms with van der Waals surface area (Å²) in [5.74, 6) is 0.851. The largest absolute Gasteiger partial charge is 0.366 e. The minimum atomic E-state index is 0.289. The summed E-state index contributed by atoms with van der Waals surface area (Å²) in [5.41, 5.74) is 1.50. The van der Waals surface area contributed by atoms with Crippen molar-refractivity contribution in [1.82, 2.24) is 9.97 Å². The molecule has 0 aliphatic heterocycles. The van der Waals surface area contributed by atoms with Gasteiger partial charge in [-0.05, 0) is 17.8 Å². The third-order valence-electron chi connectivity index (χ3n) is 4.32. The molecule has 0 saturated heterocycles. The Morgan fingerprint density at radius 1 is 1.19 bits per heavy atom. The van der Waals surface area contributed by atoms with Gasteiger partial charge in [-0.3, -0.25) is 0 Å². The van der Waals surface area contributed by atoms with Gasteiger partial charge in [-0.25, -0.2) is 9.97 Å². The van der Waals surface area contributed by atoms with Crippen molar-refractivity contribution < 1.29 is 0 Å². The highest BCUT2D eigenvalue weighted by Gasteiger charge is 2.65. The Hall–Kier alpha value is -0.830. The predicted octanol–water partition coefficient (Wildman–Crippen LogP) is 3.28. The quantitative estimate of drug-likeness (QED) is 0.805. The van der Waals surface area contributed by atoms with Gasteiger partial charge in [0.25, 0.3) is 0 Å². The van der Waals surface area contributed by atoms with Gasteiger partial charge < -0.3 is 5.32 Å². The SMILES string of the molecule is Cc1c(Cl)ncnc1NC1C(C)(C)C1(C)C. The minimum absolute atomic E-state index is 0.289. The van der Waals surface area contributed by atoms with Crippen LogP contribution in [0.25, 0.3) is 0 Å². The summed E-state index contributed by atoms with van der Waals surface area (Å²) in [4.78, 5) is 8.20. The van der Waals surface area contributed by atoms with Crippen LogP contribution in [-0.2, 0) is 0 Å². The zero-order valence-electron chi connectivity index (χ0n) is 10.4. The maximum Gasteiger partial charge on any atom is 0.137 e. The van der Waals surface area contributed by atoms with Crippen molar-refractivity contribution in [1.29, 1.82) is 0 Å². The molecule has 0 amide bonds. The third-order valence-corrected chi connectivity index (χ3v) is 4.71. The van der Waals surface area contributed by atoms with Crippen molar-refractivity contribution in [2.45, 2.75) is 40.7 Å². The monoisotopic (exact) mass is 239 g/mol. The van der Waals surface area contributed by atoms with Gasteiger partial charge in [-0.1, -0.05) is 39.3 Å². The van der Waals surface area contributed by atoms with E-state index in [1.54, 1.807) is 0 Å². The number of aromatic nitrogens is 2. The number of anilines is 1. The Morgan fingerprint density at radius 2 is 1.75 bits per heavy atom. The Balaban J connectivity index is 2.21. The molecule has 1 aromatic rings. The van der Waals surface area contributed by atoms with E-state index in [4.69, 9.17) is 11.6 Å². The van der Waals surface area contributed by atoms with Gasteiger partial charge in [0.1, 0.15) is 17.3 Å². The maximum atomic E-state index is 5.97. The van der Waals surface area contributed by atoms with Gasteiger partial charge >= 0.3 is 0 Å². The van der Waals surface area contributed by atoms with Gasteiger partial charge in [-0.2, -0.15) is 0 Å². The van der Waals surface area contributed by atoms with Crippen LogP contribution < -0.4 is 5.32 Å². The van der Waals surface area contributed by atoms with Crippen molar-refractivity contribution in [3.05, 3.63) is 17.0 Å². The van der Waals surface area contributed by atoms with E-state index in [0.29, 0.717) is 11.2 Å². The number of halogens is 1. The first-order chi connectivity index (χ1) is 7.28. The van der Waals surface area contributed by atoms with Crippen molar-refractivity contribution in [2.75, 3.05) is 5.32 Å². The fraction of sp³-hybridized carbons (Fsp3) is 0.667. The lowest BCUT2D eigenvalue weighted by atomic mass is 10.0. The average Bonchev–Trinajstić information content (AvgIpc) is 2.55. The summed E-state index contributed by atoms with van der Waals surface area (Å²) in [7, 11) is 0. The summed E-state index contributed by atoms with van der Waals surface area (Å²) in [5, 5.41) is 3.99. The zero-order chi connectivity index (χ0) is 12.1. The Morgan fingerprint density at radius 3 is 2.25 bits per heavy atom. The molecule has 1 heterocycles. The number of rotatable bonds is 2. The Bertz CT molecular complexity index is 412. The van der Waals surface area contributed by atoms with Gasteiger partial charge in [0.05, 0.1) is 0 Å². The Kier molecular flexibility index (Phi) is 2.42. The van der Waals surface area contributed by atoms with Crippen LogP contribution in [0.3, 0.4) is 0 Å². The highest BCUT2D eigenvalue weighted by Crippen LogP contribution is 2.63. The second-order valence-corrected chi connectivity index (χ2v) is 6.02. The molecule has 1 aliphatic rings. The highest BCUT2D eigenvalue weighted by atomic mass is 35.5. The second kappa shape index (κ2) is 3.33. The molecule has 0 atom stereocenters. The van der Waals surface area contributed by atoms with E-state index in [1.807, 2.05) is 6.92 Å². The minimum Gasteiger partial charge on any atom is -0.366 e. The van der Waals surface area contributed by atoms with E-state index in [2.05, 4.69) is 43.0 Å². The lowest BCUT2D eigenvalue weighted by Crippen LogP contribution is -2.12. The summed E-state index contributed by atoms with van der Waals surface area (Å²) in [6.07, 6.45) is 1.50. The molecular formula is C12H18ClN3. The number of hydrogen-bond acceptors (Lipinski definition) is 3. The van der Waals surface area contributed by atoms with E-state index < -0.39 is 0 Å². The molecule has 16 heavy (non-hydrogen) atoms. The molecule has 3 nitrogen and oxygen atoms in total. The van der Waals surface area contributed by atoms with Crippen LogP contribution >= 0.6 is 11.6 Å². The Labute approximate surface area is 102 Å². The summed E-state index contributed by atoms with van der Waals surface area (Å²) in [6, 6.07) is 0.435. The average molecular weight is 240 g/mol. The topological polar surface area (TPSA) is 37.8 Å². The molecular weight excluding hydrogens is 222 g/mol. The molecule has 0 spiro atoms. The first-order valence-electron chi connectivity index (χ1n) is 5.52. The van der Waals surface area contributed by atoms with E-state index in [-0.39, 0.29) is 10.8 Å². The smallest absolute Gasteiger partial charge is 0.137 e. The predicted molar refractivity (Wildman–Crippen MR) is 66.8 cm³/mol. The third kappa shape index (κ3) is 1.49. The van der Waals surface area contributed by atoms with Crippen molar-refractivity contribution in [3.8, 4) is 0 Å². The van der Waals surface area contributed by atoms with E-state index in [9.17, 15) is 0 Å². The van der Waals surface area contributed by atoms with E-state index in [1.165, 1.54) is 6.33 Å². The van der Waals surface area contributed by atoms with Crippen molar-refractivity contribution >= 4 is 17.4 Å². The molecule has 1 fully saturated rings. The van der Waals surface area contributed by atoms with Crippen LogP contribution in [0.15, 0.2) is 6.33 Å². The molecule has 0 bridgehead atoms. The first kappa shape index (κ1) is 11.6. The summed E-state index contributed by atoms with van der Waals surface area (Å²) < 4.78 is 0. The lowest BCUT2D eigenvalue weighted by Gasteiger charge is -2.10. The molecule has 1 N–H and O–H groups in total. The number of nitrogens with one attached hydrogen (secondary N) is 1. The van der Waals surface area contributed by atoms with Gasteiger partial charge in [0, 0.05) is 11.6 Å². The van der Waals surface area contributed by atoms with Crippen LogP contribution in [0.2, 0.25) is 5.15 Å². The van der Waals surface area contributed by atoms with Crippen LogP contribution in [-0.4, -0.2) is 16.0 Å². The summed E-state index contributed by atoms with van der Waals surface area (Å²) in [6.45, 7) is 11.0. The van der Waals surface area contributed by atoms with E-state index >= 15 is 0 Å². The van der Waals surface area contributed by atoms with Crippen molar-refractivity contribution in [2.24, 2.45) is 10.8 Å². The van der Waals surface area contributed by atoms with Gasteiger partial charge in [-0.15, -0.1) is 0 Å². The highest BCUT2D eigenvalue weighted by molar-refractivity contribution is 6.30. The van der Waals surface area contributed by atoms with Crippen LogP contribution in [0.5, 0.6) is 0 Å². The fourth-order valence-corrected chi connectivity index (χ4v) is 2.40. The number of nitrogens with zero attached hydrogens (tertiary/aromatic N) is 2. The molecule has 1 aliphatic carbocycles. The standard InChI is InChI=1S/C12H18ClN3/c1-7-8(13)14-6-15-9(7)16-10-11(2,3)12(10,4)5/h6,10H,1-5H3,(H,14,15,16). The lowest BCUT2D eigenvalue weighted by molar-refractivity contribution is 0.457. The maximum absolute atomic E-state index is 5.97.